The third-order valence-corrected chi connectivity index (χ3v) is 4.32. The monoisotopic (exact) mass is 334 g/mol. The zero-order chi connectivity index (χ0) is 17.6. The highest BCUT2D eigenvalue weighted by Crippen LogP contribution is 2.30. The number of amides is 1. The molecule has 1 heterocycles. The molecule has 134 valence electrons. The largest absolute Gasteiger partial charge is 0.444 e. The van der Waals surface area contributed by atoms with Crippen LogP contribution in [-0.4, -0.2) is 47.9 Å². The summed E-state index contributed by atoms with van der Waals surface area (Å²) in [7, 11) is 0. The number of aliphatic hydroxyl groups is 1. The van der Waals surface area contributed by atoms with Gasteiger partial charge < -0.3 is 20.1 Å². The summed E-state index contributed by atoms with van der Waals surface area (Å²) in [6.45, 7) is 8.33. The molecule has 0 aliphatic carbocycles. The van der Waals surface area contributed by atoms with E-state index < -0.39 is 5.60 Å². The van der Waals surface area contributed by atoms with Gasteiger partial charge in [0.2, 0.25) is 0 Å². The second kappa shape index (κ2) is 7.99. The van der Waals surface area contributed by atoms with E-state index >= 15 is 0 Å². The second-order valence-corrected chi connectivity index (χ2v) is 7.75. The Kier molecular flexibility index (Phi) is 6.24. The molecule has 0 saturated carbocycles. The molecule has 1 aliphatic rings. The van der Waals surface area contributed by atoms with Crippen molar-refractivity contribution in [3.8, 4) is 0 Å². The lowest BCUT2D eigenvalue weighted by molar-refractivity contribution is -0.00827. The maximum atomic E-state index is 12.3. The summed E-state index contributed by atoms with van der Waals surface area (Å²) in [6.07, 6.45) is 1.50. The zero-order valence-corrected chi connectivity index (χ0v) is 15.0. The first-order valence-electron chi connectivity index (χ1n) is 8.67. The molecule has 0 radical (unpaired) electrons. The molecule has 1 aromatic rings. The van der Waals surface area contributed by atoms with Gasteiger partial charge in [-0.15, -0.1) is 0 Å². The molecule has 0 aromatic heterocycles. The van der Waals surface area contributed by atoms with Gasteiger partial charge in [-0.1, -0.05) is 30.3 Å². The topological polar surface area (TPSA) is 61.8 Å². The van der Waals surface area contributed by atoms with Gasteiger partial charge in [-0.2, -0.15) is 0 Å². The van der Waals surface area contributed by atoms with Gasteiger partial charge in [0, 0.05) is 31.6 Å². The summed E-state index contributed by atoms with van der Waals surface area (Å²) in [5.74, 6) is 0. The molecule has 1 saturated heterocycles. The van der Waals surface area contributed by atoms with Crippen molar-refractivity contribution in [1.82, 2.24) is 10.2 Å². The van der Waals surface area contributed by atoms with E-state index in [4.69, 9.17) is 4.74 Å². The van der Waals surface area contributed by atoms with Crippen LogP contribution in [0.4, 0.5) is 4.79 Å². The Morgan fingerprint density at radius 3 is 2.67 bits per heavy atom. The first kappa shape index (κ1) is 18.7. The molecule has 2 rings (SSSR count). The van der Waals surface area contributed by atoms with Crippen molar-refractivity contribution in [3.63, 3.8) is 0 Å². The molecule has 1 fully saturated rings. The molecule has 24 heavy (non-hydrogen) atoms. The van der Waals surface area contributed by atoms with Crippen LogP contribution in [0.3, 0.4) is 0 Å². The molecule has 1 aromatic carbocycles. The van der Waals surface area contributed by atoms with Crippen molar-refractivity contribution in [2.75, 3.05) is 26.2 Å². The lowest BCUT2D eigenvalue weighted by Crippen LogP contribution is -2.52. The fraction of sp³-hybridized carbons (Fsp3) is 0.632. The molecular weight excluding hydrogens is 304 g/mol. The number of rotatable bonds is 5. The highest BCUT2D eigenvalue weighted by molar-refractivity contribution is 5.68. The normalized spacial score (nSPS) is 21.6. The third-order valence-electron chi connectivity index (χ3n) is 4.32. The van der Waals surface area contributed by atoms with Crippen LogP contribution >= 0.6 is 0 Å². The fourth-order valence-electron chi connectivity index (χ4n) is 3.09. The SMILES string of the molecule is CC(C)(C)OC(=O)N1CCC[C@@](CO)(CNCc2ccccc2)C1. The van der Waals surface area contributed by atoms with Crippen LogP contribution in [0.1, 0.15) is 39.2 Å². The quantitative estimate of drug-likeness (QED) is 0.869. The smallest absolute Gasteiger partial charge is 0.410 e. The minimum atomic E-state index is -0.498. The first-order valence-corrected chi connectivity index (χ1v) is 8.67. The van der Waals surface area contributed by atoms with E-state index in [9.17, 15) is 9.90 Å². The van der Waals surface area contributed by atoms with Gasteiger partial charge >= 0.3 is 6.09 Å². The van der Waals surface area contributed by atoms with E-state index in [1.165, 1.54) is 5.56 Å². The predicted molar refractivity (Wildman–Crippen MR) is 94.7 cm³/mol. The Balaban J connectivity index is 1.91. The lowest BCUT2D eigenvalue weighted by Gasteiger charge is -2.42. The number of nitrogens with one attached hydrogen (secondary N) is 1. The van der Waals surface area contributed by atoms with E-state index in [1.54, 1.807) is 4.90 Å². The van der Waals surface area contributed by atoms with Crippen molar-refractivity contribution >= 4 is 6.09 Å². The molecule has 5 heteroatoms. The van der Waals surface area contributed by atoms with Crippen molar-refractivity contribution in [2.45, 2.75) is 45.8 Å². The van der Waals surface area contributed by atoms with Gasteiger partial charge in [-0.05, 0) is 39.2 Å². The van der Waals surface area contributed by atoms with Crippen LogP contribution in [0.15, 0.2) is 30.3 Å². The van der Waals surface area contributed by atoms with Crippen LogP contribution in [0, 0.1) is 5.41 Å². The van der Waals surface area contributed by atoms with Gasteiger partial charge in [-0.25, -0.2) is 4.79 Å². The number of ether oxygens (including phenoxy) is 1. The van der Waals surface area contributed by atoms with Crippen LogP contribution < -0.4 is 5.32 Å². The molecule has 0 unspecified atom stereocenters. The second-order valence-electron chi connectivity index (χ2n) is 7.75. The molecule has 0 spiro atoms. The van der Waals surface area contributed by atoms with Crippen molar-refractivity contribution in [3.05, 3.63) is 35.9 Å². The fourth-order valence-corrected chi connectivity index (χ4v) is 3.09. The Morgan fingerprint density at radius 2 is 2.04 bits per heavy atom. The number of carbonyl (C=O) groups excluding carboxylic acids is 1. The Bertz CT molecular complexity index is 527. The van der Waals surface area contributed by atoms with Crippen LogP contribution in [0.2, 0.25) is 0 Å². The minimum Gasteiger partial charge on any atom is -0.444 e. The number of likely N-dealkylation sites (tertiary alicyclic amines) is 1. The van der Waals surface area contributed by atoms with E-state index in [2.05, 4.69) is 17.4 Å². The van der Waals surface area contributed by atoms with Gasteiger partial charge in [0.15, 0.2) is 0 Å². The average molecular weight is 334 g/mol. The maximum absolute atomic E-state index is 12.3. The number of benzene rings is 1. The molecular formula is C19H30N2O3. The van der Waals surface area contributed by atoms with Crippen LogP contribution in [0.5, 0.6) is 0 Å². The van der Waals surface area contributed by atoms with Gasteiger partial charge in [0.25, 0.3) is 0 Å². The van der Waals surface area contributed by atoms with Gasteiger partial charge in [-0.3, -0.25) is 0 Å². The average Bonchev–Trinajstić information content (AvgIpc) is 2.54. The molecule has 2 N–H and O–H groups in total. The maximum Gasteiger partial charge on any atom is 0.410 e. The number of hydrogen-bond donors (Lipinski definition) is 2. The summed E-state index contributed by atoms with van der Waals surface area (Å²) in [5.41, 5.74) is 0.414. The lowest BCUT2D eigenvalue weighted by atomic mass is 9.80. The van der Waals surface area contributed by atoms with E-state index in [0.717, 1.165) is 19.4 Å². The summed E-state index contributed by atoms with van der Waals surface area (Å²) < 4.78 is 5.47. The van der Waals surface area contributed by atoms with E-state index in [1.807, 2.05) is 39.0 Å². The Labute approximate surface area is 145 Å². The van der Waals surface area contributed by atoms with Gasteiger partial charge in [0.1, 0.15) is 5.60 Å². The van der Waals surface area contributed by atoms with Crippen LogP contribution in [-0.2, 0) is 11.3 Å². The molecule has 1 amide bonds. The summed E-state index contributed by atoms with van der Waals surface area (Å²) >= 11 is 0. The molecule has 1 atom stereocenters. The number of hydrogen-bond acceptors (Lipinski definition) is 4. The van der Waals surface area contributed by atoms with Crippen molar-refractivity contribution in [2.24, 2.45) is 5.41 Å². The van der Waals surface area contributed by atoms with Crippen molar-refractivity contribution in [1.29, 1.82) is 0 Å². The zero-order valence-electron chi connectivity index (χ0n) is 15.0. The molecule has 0 bridgehead atoms. The number of nitrogens with zero attached hydrogens (tertiary/aromatic N) is 1. The molecule has 1 aliphatic heterocycles. The van der Waals surface area contributed by atoms with E-state index in [-0.39, 0.29) is 18.1 Å². The summed E-state index contributed by atoms with van der Waals surface area (Å²) in [6, 6.07) is 10.2. The standard InChI is InChI=1S/C19H30N2O3/c1-18(2,3)24-17(23)21-11-7-10-19(14-21,15-22)13-20-12-16-8-5-4-6-9-16/h4-6,8-9,20,22H,7,10-15H2,1-3H3/t19-/m1/s1. The number of carbonyl (C=O) groups is 1. The minimum absolute atomic E-state index is 0.0636. The van der Waals surface area contributed by atoms with E-state index in [0.29, 0.717) is 19.6 Å². The Morgan fingerprint density at radius 1 is 1.33 bits per heavy atom. The third kappa shape index (κ3) is 5.49. The summed E-state index contributed by atoms with van der Waals surface area (Å²) in [5, 5.41) is 13.4. The predicted octanol–water partition coefficient (Wildman–Crippen LogP) is 2.79. The Hall–Kier alpha value is -1.59. The first-order chi connectivity index (χ1) is 11.3. The highest BCUT2D eigenvalue weighted by Gasteiger charge is 2.37. The highest BCUT2D eigenvalue weighted by atomic mass is 16.6. The number of aliphatic hydroxyl groups excluding tert-OH is 1. The summed E-state index contributed by atoms with van der Waals surface area (Å²) in [4.78, 5) is 14.0. The van der Waals surface area contributed by atoms with Crippen molar-refractivity contribution < 1.29 is 14.6 Å². The van der Waals surface area contributed by atoms with Crippen LogP contribution in [0.25, 0.3) is 0 Å². The number of piperidine rings is 1. The molecule has 5 nitrogen and oxygen atoms in total. The van der Waals surface area contributed by atoms with Gasteiger partial charge in [0.05, 0.1) is 6.61 Å².